The Labute approximate surface area is 384 Å². The number of methoxy groups -OCH3 is 3. The minimum Gasteiger partial charge on any atom is -0.462 e. The van der Waals surface area contributed by atoms with Crippen molar-refractivity contribution in [3.05, 3.63) is 35.9 Å². The third-order valence-corrected chi connectivity index (χ3v) is 12.5. The highest BCUT2D eigenvalue weighted by Crippen LogP contribution is 2.30. The van der Waals surface area contributed by atoms with Crippen LogP contribution in [0.15, 0.2) is 30.3 Å². The number of carbonyl (C=O) groups excluding carboxylic acids is 5. The van der Waals surface area contributed by atoms with Crippen LogP contribution in [0.5, 0.6) is 0 Å². The average molecular weight is 906 g/mol. The van der Waals surface area contributed by atoms with Gasteiger partial charge in [0.05, 0.1) is 75.7 Å². The van der Waals surface area contributed by atoms with E-state index in [1.54, 1.807) is 38.0 Å². The summed E-state index contributed by atoms with van der Waals surface area (Å²) in [6, 6.07) is 6.29. The summed E-state index contributed by atoms with van der Waals surface area (Å²) in [6.07, 6.45) is 0.883. The van der Waals surface area contributed by atoms with Crippen molar-refractivity contribution >= 4 is 29.6 Å². The summed E-state index contributed by atoms with van der Waals surface area (Å²) in [5.41, 5.74) is 0.845. The molecule has 1 heterocycles. The number of likely N-dealkylation sites (tertiary alicyclic amines) is 1. The number of hydrogen-bond acceptors (Lipinski definition) is 12. The summed E-state index contributed by atoms with van der Waals surface area (Å²) in [6.45, 7) is 18.6. The number of hydrogen-bond donors (Lipinski definition) is 2. The fraction of sp³-hybridized carbons (Fsp3) is 0.771. The molecule has 9 atom stereocenters. The fourth-order valence-corrected chi connectivity index (χ4v) is 8.60. The van der Waals surface area contributed by atoms with Crippen molar-refractivity contribution < 1.29 is 52.4 Å². The Morgan fingerprint density at radius 3 is 1.97 bits per heavy atom. The van der Waals surface area contributed by atoms with Crippen LogP contribution < -0.4 is 10.6 Å². The number of ether oxygens (including phenoxy) is 6. The van der Waals surface area contributed by atoms with Gasteiger partial charge in [0, 0.05) is 41.3 Å². The number of likely N-dealkylation sites (N-methyl/N-ethyl adjacent to an activating group) is 2. The molecule has 0 aromatic heterocycles. The zero-order valence-electron chi connectivity index (χ0n) is 41.3. The van der Waals surface area contributed by atoms with E-state index in [1.165, 1.54) is 7.11 Å². The lowest BCUT2D eigenvalue weighted by Crippen LogP contribution is -2.60. The molecule has 4 amide bonds. The summed E-state index contributed by atoms with van der Waals surface area (Å²) < 4.78 is 33.5. The molecule has 1 saturated heterocycles. The molecule has 1 aliphatic rings. The van der Waals surface area contributed by atoms with Crippen LogP contribution in [-0.4, -0.2) is 175 Å². The SMILES string of the molecule is CC[C@H](C)[C@@H]([C@@H](CC(=O)N1CCC[C@H]1[C@H](OC)[C@@H](C)C(=O)N[C@@H](Cc1ccccc1)C(=O)OCCOCCOCCOC)OC)N(C)C(=O)[C@@H](NC(=O)[C@H](C(C)C)N(C)CC)C(C)C. The molecule has 16 nitrogen and oxygen atoms in total. The summed E-state index contributed by atoms with van der Waals surface area (Å²) in [5, 5.41) is 5.99. The van der Waals surface area contributed by atoms with E-state index in [1.807, 2.05) is 90.7 Å². The molecule has 0 unspecified atom stereocenters. The zero-order valence-corrected chi connectivity index (χ0v) is 41.3. The van der Waals surface area contributed by atoms with Gasteiger partial charge in [0.2, 0.25) is 23.6 Å². The predicted octanol–water partition coefficient (Wildman–Crippen LogP) is 3.97. The lowest BCUT2D eigenvalue weighted by Gasteiger charge is -2.41. The molecule has 1 aromatic rings. The van der Waals surface area contributed by atoms with Gasteiger partial charge in [0.15, 0.2) is 0 Å². The Morgan fingerprint density at radius 1 is 0.797 bits per heavy atom. The number of nitrogens with zero attached hydrogens (tertiary/aromatic N) is 3. The monoisotopic (exact) mass is 906 g/mol. The molecule has 1 fully saturated rings. The Morgan fingerprint density at radius 2 is 1.42 bits per heavy atom. The number of amides is 4. The first-order valence-corrected chi connectivity index (χ1v) is 23.3. The average Bonchev–Trinajstić information content (AvgIpc) is 3.76. The third-order valence-electron chi connectivity index (χ3n) is 12.5. The number of benzene rings is 1. The van der Waals surface area contributed by atoms with Gasteiger partial charge in [0.25, 0.3) is 0 Å². The quantitative estimate of drug-likeness (QED) is 0.0813. The Kier molecular flexibility index (Phi) is 26.3. The predicted molar refractivity (Wildman–Crippen MR) is 246 cm³/mol. The number of rotatable bonds is 31. The Bertz CT molecular complexity index is 1530. The fourth-order valence-electron chi connectivity index (χ4n) is 8.60. The van der Waals surface area contributed by atoms with Crippen LogP contribution in [0.2, 0.25) is 0 Å². The van der Waals surface area contributed by atoms with E-state index in [0.29, 0.717) is 58.8 Å². The molecule has 0 bridgehead atoms. The van der Waals surface area contributed by atoms with E-state index in [-0.39, 0.29) is 61.5 Å². The molecular formula is C48H83N5O11. The van der Waals surface area contributed by atoms with Gasteiger partial charge < -0.3 is 48.9 Å². The highest BCUT2D eigenvalue weighted by atomic mass is 16.6. The van der Waals surface area contributed by atoms with Crippen LogP contribution in [-0.2, 0) is 58.8 Å². The highest BCUT2D eigenvalue weighted by Gasteiger charge is 2.43. The summed E-state index contributed by atoms with van der Waals surface area (Å²) in [7, 11) is 8.31. The van der Waals surface area contributed by atoms with Crippen LogP contribution in [0.4, 0.5) is 0 Å². The molecule has 366 valence electrons. The third kappa shape index (κ3) is 17.3. The van der Waals surface area contributed by atoms with E-state index >= 15 is 0 Å². The van der Waals surface area contributed by atoms with E-state index in [2.05, 4.69) is 10.6 Å². The van der Waals surface area contributed by atoms with Crippen LogP contribution in [0.1, 0.15) is 86.6 Å². The first-order valence-electron chi connectivity index (χ1n) is 23.3. The van der Waals surface area contributed by atoms with Crippen molar-refractivity contribution in [3.8, 4) is 0 Å². The largest absolute Gasteiger partial charge is 0.462 e. The van der Waals surface area contributed by atoms with Gasteiger partial charge in [-0.05, 0) is 49.8 Å². The molecule has 0 spiro atoms. The normalized spacial score (nSPS) is 17.9. The van der Waals surface area contributed by atoms with E-state index in [9.17, 15) is 24.0 Å². The van der Waals surface area contributed by atoms with E-state index in [4.69, 9.17) is 28.4 Å². The molecule has 0 saturated carbocycles. The van der Waals surface area contributed by atoms with Gasteiger partial charge in [-0.2, -0.15) is 0 Å². The molecule has 16 heteroatoms. The van der Waals surface area contributed by atoms with E-state index < -0.39 is 60.2 Å². The number of carbonyl (C=O) groups is 5. The van der Waals surface area contributed by atoms with Gasteiger partial charge in [0.1, 0.15) is 18.7 Å². The summed E-state index contributed by atoms with van der Waals surface area (Å²) in [5.74, 6) is -2.58. The highest BCUT2D eigenvalue weighted by molar-refractivity contribution is 5.90. The molecule has 2 rings (SSSR count). The lowest BCUT2D eigenvalue weighted by molar-refractivity contribution is -0.151. The van der Waals surface area contributed by atoms with Crippen LogP contribution in [0.3, 0.4) is 0 Å². The maximum atomic E-state index is 14.4. The van der Waals surface area contributed by atoms with Gasteiger partial charge in [-0.3, -0.25) is 24.1 Å². The van der Waals surface area contributed by atoms with Gasteiger partial charge >= 0.3 is 5.97 Å². The molecular weight excluding hydrogens is 823 g/mol. The first-order chi connectivity index (χ1) is 30.5. The summed E-state index contributed by atoms with van der Waals surface area (Å²) >= 11 is 0. The van der Waals surface area contributed by atoms with Crippen LogP contribution in [0.25, 0.3) is 0 Å². The number of nitrogens with one attached hydrogen (secondary N) is 2. The smallest absolute Gasteiger partial charge is 0.329 e. The topological polar surface area (TPSA) is 175 Å². The van der Waals surface area contributed by atoms with Crippen LogP contribution in [0, 0.1) is 23.7 Å². The molecule has 1 aromatic carbocycles. The minimum atomic E-state index is -0.980. The van der Waals surface area contributed by atoms with Crippen molar-refractivity contribution in [2.24, 2.45) is 23.7 Å². The van der Waals surface area contributed by atoms with Crippen molar-refractivity contribution in [2.45, 2.75) is 130 Å². The van der Waals surface area contributed by atoms with Crippen LogP contribution >= 0.6 is 0 Å². The molecule has 64 heavy (non-hydrogen) atoms. The Balaban J connectivity index is 2.23. The van der Waals surface area contributed by atoms with Gasteiger partial charge in [-0.25, -0.2) is 4.79 Å². The van der Waals surface area contributed by atoms with Crippen molar-refractivity contribution in [2.75, 3.05) is 88.2 Å². The standard InChI is InChI=1S/C48H83N5O11/c1-14-34(7)43(52(10)47(57)41(32(3)4)50-46(56)42(33(5)6)51(9)15-2)39(60-12)31-40(54)53-23-19-22-38(53)44(61-13)35(8)45(55)49-37(30-36-20-17-16-18-21-36)48(58)64-29-28-63-27-26-62-25-24-59-11/h16-18,20-21,32-35,37-39,41-44H,14-15,19,22-31H2,1-13H3,(H,49,55)(H,50,56)/t34-,35+,37-,38-,39+,41-,42-,43-,44+/m0/s1. The van der Waals surface area contributed by atoms with Gasteiger partial charge in [-0.1, -0.05) is 92.1 Å². The minimum absolute atomic E-state index is 0.00221. The maximum absolute atomic E-state index is 14.4. The van der Waals surface area contributed by atoms with Crippen molar-refractivity contribution in [1.82, 2.24) is 25.3 Å². The van der Waals surface area contributed by atoms with Gasteiger partial charge in [-0.15, -0.1) is 0 Å². The second kappa shape index (κ2) is 29.8. The molecule has 1 aliphatic heterocycles. The second-order valence-corrected chi connectivity index (χ2v) is 17.7. The zero-order chi connectivity index (χ0) is 47.9. The number of esters is 1. The van der Waals surface area contributed by atoms with Crippen molar-refractivity contribution in [3.63, 3.8) is 0 Å². The lowest BCUT2D eigenvalue weighted by atomic mass is 9.89. The van der Waals surface area contributed by atoms with Crippen molar-refractivity contribution in [1.29, 1.82) is 0 Å². The maximum Gasteiger partial charge on any atom is 0.329 e. The second-order valence-electron chi connectivity index (χ2n) is 17.7. The molecule has 0 radical (unpaired) electrons. The van der Waals surface area contributed by atoms with E-state index in [0.717, 1.165) is 5.56 Å². The summed E-state index contributed by atoms with van der Waals surface area (Å²) in [4.78, 5) is 75.3. The molecule has 0 aliphatic carbocycles. The Hall–Kier alpha value is -3.67. The molecule has 2 N–H and O–H groups in total. The first kappa shape index (κ1) is 56.5.